The molecule has 120 valence electrons. The van der Waals surface area contributed by atoms with Crippen molar-refractivity contribution in [2.45, 2.75) is 44.8 Å². The lowest BCUT2D eigenvalue weighted by Gasteiger charge is -2.18. The van der Waals surface area contributed by atoms with Crippen LogP contribution in [0.15, 0.2) is 12.2 Å². The Hall–Kier alpha value is -2.06. The molecule has 0 aromatic rings. The van der Waals surface area contributed by atoms with Crippen molar-refractivity contribution in [1.29, 1.82) is 0 Å². The van der Waals surface area contributed by atoms with Crippen molar-refractivity contribution >= 4 is 23.6 Å². The highest BCUT2D eigenvalue weighted by atomic mass is 16.8. The number of hydrogen-bond acceptors (Lipinski definition) is 6. The summed E-state index contributed by atoms with van der Waals surface area (Å²) in [5.74, 6) is -1.50. The predicted octanol–water partition coefficient (Wildman–Crippen LogP) is -0.129. The van der Waals surface area contributed by atoms with Gasteiger partial charge in [-0.2, -0.15) is 5.06 Å². The smallest absolute Gasteiger partial charge is 0.254 e. The molecule has 0 aromatic carbocycles. The van der Waals surface area contributed by atoms with E-state index in [-0.39, 0.29) is 31.1 Å². The maximum Gasteiger partial charge on any atom is 0.254 e. The summed E-state index contributed by atoms with van der Waals surface area (Å²) in [6, 6.07) is 0. The second kappa shape index (κ2) is 7.28. The molecule has 0 saturated carbocycles. The zero-order valence-electron chi connectivity index (χ0n) is 12.1. The number of carbonyl (C=O) groups is 4. The van der Waals surface area contributed by atoms with Crippen LogP contribution in [-0.4, -0.2) is 51.5 Å². The molecular weight excluding hydrogens is 292 g/mol. The SMILES string of the molecule is O=C1C=CC(=O)N1CCCCCC(O)ON1C(=O)CCC1=O. The van der Waals surface area contributed by atoms with E-state index in [0.29, 0.717) is 30.9 Å². The molecule has 2 heterocycles. The molecule has 4 amide bonds. The second-order valence-electron chi connectivity index (χ2n) is 5.15. The Morgan fingerprint density at radius 2 is 1.59 bits per heavy atom. The van der Waals surface area contributed by atoms with Gasteiger partial charge in [0.25, 0.3) is 23.6 Å². The molecule has 8 nitrogen and oxygen atoms in total. The average Bonchev–Trinajstić information content (AvgIpc) is 2.96. The van der Waals surface area contributed by atoms with E-state index in [9.17, 15) is 24.3 Å². The first-order valence-corrected chi connectivity index (χ1v) is 7.23. The molecule has 2 rings (SSSR count). The molecule has 1 unspecified atom stereocenters. The van der Waals surface area contributed by atoms with Gasteiger partial charge in [0.1, 0.15) is 0 Å². The molecule has 0 aromatic heterocycles. The molecular formula is C14H18N2O6. The molecule has 0 aliphatic carbocycles. The first-order valence-electron chi connectivity index (χ1n) is 7.23. The number of nitrogens with zero attached hydrogens (tertiary/aromatic N) is 2. The summed E-state index contributed by atoms with van der Waals surface area (Å²) in [6.45, 7) is 0.338. The Bertz CT molecular complexity index is 481. The molecule has 22 heavy (non-hydrogen) atoms. The number of imide groups is 2. The van der Waals surface area contributed by atoms with Crippen molar-refractivity contribution in [2.24, 2.45) is 0 Å². The molecule has 8 heteroatoms. The first-order chi connectivity index (χ1) is 10.5. The fraction of sp³-hybridized carbons (Fsp3) is 0.571. The van der Waals surface area contributed by atoms with Crippen molar-refractivity contribution < 1.29 is 29.1 Å². The minimum atomic E-state index is -1.22. The Morgan fingerprint density at radius 1 is 1.00 bits per heavy atom. The van der Waals surface area contributed by atoms with Gasteiger partial charge in [0.15, 0.2) is 6.29 Å². The monoisotopic (exact) mass is 310 g/mol. The largest absolute Gasteiger partial charge is 0.366 e. The maximum atomic E-state index is 11.3. The highest BCUT2D eigenvalue weighted by molar-refractivity contribution is 6.12. The lowest BCUT2D eigenvalue weighted by molar-refractivity contribution is -0.245. The highest BCUT2D eigenvalue weighted by Crippen LogP contribution is 2.15. The van der Waals surface area contributed by atoms with Gasteiger partial charge >= 0.3 is 0 Å². The van der Waals surface area contributed by atoms with Crippen molar-refractivity contribution in [3.63, 3.8) is 0 Å². The molecule has 1 N–H and O–H groups in total. The number of aliphatic hydroxyl groups is 1. The van der Waals surface area contributed by atoms with E-state index in [4.69, 9.17) is 4.84 Å². The van der Waals surface area contributed by atoms with Crippen molar-refractivity contribution in [1.82, 2.24) is 9.96 Å². The number of aliphatic hydroxyl groups excluding tert-OH is 1. The van der Waals surface area contributed by atoms with Crippen LogP contribution in [0, 0.1) is 0 Å². The van der Waals surface area contributed by atoms with Gasteiger partial charge < -0.3 is 5.11 Å². The van der Waals surface area contributed by atoms with Gasteiger partial charge in [0.2, 0.25) is 0 Å². The van der Waals surface area contributed by atoms with Crippen LogP contribution in [0.1, 0.15) is 38.5 Å². The predicted molar refractivity (Wildman–Crippen MR) is 72.5 cm³/mol. The van der Waals surface area contributed by atoms with Crippen LogP contribution in [0.25, 0.3) is 0 Å². The number of carbonyl (C=O) groups excluding carboxylic acids is 4. The fourth-order valence-corrected chi connectivity index (χ4v) is 2.27. The first kappa shape index (κ1) is 16.3. The third-order valence-corrected chi connectivity index (χ3v) is 3.47. The maximum absolute atomic E-state index is 11.3. The quantitative estimate of drug-likeness (QED) is 0.380. The van der Waals surface area contributed by atoms with Gasteiger partial charge in [-0.3, -0.25) is 24.1 Å². The zero-order valence-corrected chi connectivity index (χ0v) is 12.1. The Morgan fingerprint density at radius 3 is 2.18 bits per heavy atom. The van der Waals surface area contributed by atoms with Crippen LogP contribution in [0.5, 0.6) is 0 Å². The van der Waals surface area contributed by atoms with Crippen molar-refractivity contribution in [3.8, 4) is 0 Å². The van der Waals surface area contributed by atoms with E-state index in [0.717, 1.165) is 4.90 Å². The standard InChI is InChI=1S/C14H18N2O6/c17-10-5-6-11(18)15(10)9-3-1-2-4-14(21)22-16-12(19)7-8-13(16)20/h5-6,14,21H,1-4,7-9H2. The third kappa shape index (κ3) is 3.99. The molecule has 1 atom stereocenters. The normalized spacial score (nSPS) is 19.7. The van der Waals surface area contributed by atoms with Gasteiger partial charge in [0.05, 0.1) is 0 Å². The summed E-state index contributed by atoms with van der Waals surface area (Å²) in [5, 5.41) is 10.3. The fourth-order valence-electron chi connectivity index (χ4n) is 2.27. The summed E-state index contributed by atoms with van der Waals surface area (Å²) < 4.78 is 0. The van der Waals surface area contributed by atoms with E-state index >= 15 is 0 Å². The molecule has 1 saturated heterocycles. The lowest BCUT2D eigenvalue weighted by atomic mass is 10.2. The van der Waals surface area contributed by atoms with Crippen LogP contribution in [-0.2, 0) is 24.0 Å². The molecule has 1 fully saturated rings. The van der Waals surface area contributed by atoms with E-state index in [1.54, 1.807) is 0 Å². The topological polar surface area (TPSA) is 104 Å². The number of rotatable bonds is 8. The number of amides is 4. The van der Waals surface area contributed by atoms with E-state index in [2.05, 4.69) is 0 Å². The third-order valence-electron chi connectivity index (χ3n) is 3.47. The summed E-state index contributed by atoms with van der Waals surface area (Å²) in [6.07, 6.45) is 3.62. The van der Waals surface area contributed by atoms with E-state index < -0.39 is 18.1 Å². The minimum absolute atomic E-state index is 0.109. The Balaban J connectivity index is 1.58. The molecule has 0 radical (unpaired) electrons. The van der Waals surface area contributed by atoms with Crippen LogP contribution >= 0.6 is 0 Å². The summed E-state index contributed by atoms with van der Waals surface area (Å²) in [5.41, 5.74) is 0. The van der Waals surface area contributed by atoms with Crippen LogP contribution in [0.3, 0.4) is 0 Å². The molecule has 2 aliphatic heterocycles. The molecule has 0 bridgehead atoms. The van der Waals surface area contributed by atoms with Crippen molar-refractivity contribution in [2.75, 3.05) is 6.54 Å². The summed E-state index contributed by atoms with van der Waals surface area (Å²) >= 11 is 0. The van der Waals surface area contributed by atoms with Crippen molar-refractivity contribution in [3.05, 3.63) is 12.2 Å². The van der Waals surface area contributed by atoms with Gasteiger partial charge in [-0.25, -0.2) is 4.84 Å². The van der Waals surface area contributed by atoms with Crippen LogP contribution in [0.2, 0.25) is 0 Å². The highest BCUT2D eigenvalue weighted by Gasteiger charge is 2.32. The zero-order chi connectivity index (χ0) is 16.1. The van der Waals surface area contributed by atoms with Gasteiger partial charge in [-0.1, -0.05) is 6.42 Å². The van der Waals surface area contributed by atoms with E-state index in [1.165, 1.54) is 12.2 Å². The number of hydroxylamine groups is 2. The Kier molecular flexibility index (Phi) is 5.40. The van der Waals surface area contributed by atoms with E-state index in [1.807, 2.05) is 0 Å². The molecule has 0 spiro atoms. The Labute approximate surface area is 127 Å². The van der Waals surface area contributed by atoms with Gasteiger partial charge in [-0.05, 0) is 12.8 Å². The average molecular weight is 310 g/mol. The lowest BCUT2D eigenvalue weighted by Crippen LogP contribution is -2.34. The van der Waals surface area contributed by atoms with Gasteiger partial charge in [-0.15, -0.1) is 0 Å². The number of unbranched alkanes of at least 4 members (excludes halogenated alkanes) is 2. The minimum Gasteiger partial charge on any atom is -0.366 e. The summed E-state index contributed by atoms with van der Waals surface area (Å²) in [4.78, 5) is 51.3. The number of hydrogen-bond donors (Lipinski definition) is 1. The summed E-state index contributed by atoms with van der Waals surface area (Å²) in [7, 11) is 0. The van der Waals surface area contributed by atoms with Crippen LogP contribution < -0.4 is 0 Å². The second-order valence-corrected chi connectivity index (χ2v) is 5.15. The van der Waals surface area contributed by atoms with Crippen LogP contribution in [0.4, 0.5) is 0 Å². The molecule has 2 aliphatic rings. The van der Waals surface area contributed by atoms with Gasteiger partial charge in [0, 0.05) is 38.0 Å².